The minimum absolute atomic E-state index is 0.138. The molecule has 1 aromatic rings. The zero-order chi connectivity index (χ0) is 11.3. The van der Waals surface area contributed by atoms with Crippen LogP contribution in [0.1, 0.15) is 34.1 Å². The van der Waals surface area contributed by atoms with Gasteiger partial charge in [-0.05, 0) is 13.3 Å². The first-order chi connectivity index (χ1) is 7.64. The van der Waals surface area contributed by atoms with Crippen molar-refractivity contribution in [3.8, 4) is 0 Å². The molecule has 1 spiro atoms. The second-order valence-electron chi connectivity index (χ2n) is 4.76. The smallest absolute Gasteiger partial charge is 0.354 e. The van der Waals surface area contributed by atoms with Crippen LogP contribution in [0.25, 0.3) is 0 Å². The van der Waals surface area contributed by atoms with Crippen LogP contribution in [0.5, 0.6) is 0 Å². The van der Waals surface area contributed by atoms with Crippen molar-refractivity contribution in [2.24, 2.45) is 5.41 Å². The number of nitrogens with one attached hydrogen (secondary N) is 1. The Morgan fingerprint density at radius 1 is 1.56 bits per heavy atom. The van der Waals surface area contributed by atoms with Crippen molar-refractivity contribution in [1.82, 2.24) is 15.3 Å². The molecule has 3 rings (SSSR count). The maximum Gasteiger partial charge on any atom is 0.354 e. The Hall–Kier alpha value is -1.49. The minimum atomic E-state index is -0.970. The number of carboxylic acid groups (broad SMARTS) is 1. The third-order valence-corrected chi connectivity index (χ3v) is 3.80. The number of aromatic carboxylic acids is 1. The van der Waals surface area contributed by atoms with Crippen LogP contribution >= 0.6 is 0 Å². The molecule has 5 nitrogen and oxygen atoms in total. The van der Waals surface area contributed by atoms with Crippen LogP contribution in [-0.2, 0) is 0 Å². The molecule has 5 heteroatoms. The lowest BCUT2D eigenvalue weighted by molar-refractivity contribution is 0.0689. The average molecular weight is 219 g/mol. The standard InChI is InChI=1S/C11H13N3O2/c1-6-8(7-2-11(7)3-12-4-11)13-5-14-9(6)10(15)16/h5,7,12H,2-4H2,1H3,(H,15,16). The van der Waals surface area contributed by atoms with Crippen LogP contribution in [0.15, 0.2) is 6.33 Å². The fourth-order valence-corrected chi connectivity index (χ4v) is 2.60. The number of rotatable bonds is 2. The Balaban J connectivity index is 1.96. The topological polar surface area (TPSA) is 75.1 Å². The largest absolute Gasteiger partial charge is 0.477 e. The Labute approximate surface area is 92.9 Å². The van der Waals surface area contributed by atoms with Gasteiger partial charge in [0.2, 0.25) is 0 Å². The Kier molecular flexibility index (Phi) is 1.83. The van der Waals surface area contributed by atoms with Crippen molar-refractivity contribution in [3.05, 3.63) is 23.3 Å². The summed E-state index contributed by atoms with van der Waals surface area (Å²) in [4.78, 5) is 19.0. The van der Waals surface area contributed by atoms with Gasteiger partial charge in [-0.3, -0.25) is 0 Å². The van der Waals surface area contributed by atoms with Gasteiger partial charge in [-0.15, -0.1) is 0 Å². The second kappa shape index (κ2) is 3.01. The van der Waals surface area contributed by atoms with Crippen LogP contribution in [0.2, 0.25) is 0 Å². The SMILES string of the molecule is Cc1c(C(=O)O)ncnc1C1CC12CNC2. The highest BCUT2D eigenvalue weighted by atomic mass is 16.4. The molecule has 1 aromatic heterocycles. The summed E-state index contributed by atoms with van der Waals surface area (Å²) in [6.07, 6.45) is 2.49. The van der Waals surface area contributed by atoms with Gasteiger partial charge >= 0.3 is 5.97 Å². The van der Waals surface area contributed by atoms with Crippen molar-refractivity contribution in [3.63, 3.8) is 0 Å². The van der Waals surface area contributed by atoms with Gasteiger partial charge in [-0.1, -0.05) is 0 Å². The van der Waals surface area contributed by atoms with Crippen LogP contribution in [0.4, 0.5) is 0 Å². The predicted molar refractivity (Wildman–Crippen MR) is 56.4 cm³/mol. The Bertz CT molecular complexity index is 468. The Morgan fingerprint density at radius 2 is 2.31 bits per heavy atom. The van der Waals surface area contributed by atoms with Crippen molar-refractivity contribution in [2.75, 3.05) is 13.1 Å². The molecule has 2 aliphatic rings. The van der Waals surface area contributed by atoms with E-state index in [0.29, 0.717) is 11.3 Å². The summed E-state index contributed by atoms with van der Waals surface area (Å²) in [5, 5.41) is 12.3. The molecule has 0 amide bonds. The zero-order valence-electron chi connectivity index (χ0n) is 9.03. The molecule has 16 heavy (non-hydrogen) atoms. The van der Waals surface area contributed by atoms with Gasteiger partial charge in [-0.25, -0.2) is 14.8 Å². The zero-order valence-corrected chi connectivity index (χ0v) is 9.03. The first kappa shape index (κ1) is 9.72. The van der Waals surface area contributed by atoms with Crippen LogP contribution in [-0.4, -0.2) is 34.1 Å². The highest BCUT2D eigenvalue weighted by Crippen LogP contribution is 2.61. The van der Waals surface area contributed by atoms with Gasteiger partial charge in [0, 0.05) is 30.0 Å². The second-order valence-corrected chi connectivity index (χ2v) is 4.76. The minimum Gasteiger partial charge on any atom is -0.477 e. The van der Waals surface area contributed by atoms with Gasteiger partial charge in [0.15, 0.2) is 5.69 Å². The predicted octanol–water partition coefficient (Wildman–Crippen LogP) is 0.560. The number of carboxylic acids is 1. The molecule has 1 saturated carbocycles. The van der Waals surface area contributed by atoms with Crippen LogP contribution < -0.4 is 5.32 Å². The van der Waals surface area contributed by atoms with E-state index in [1.54, 1.807) is 6.92 Å². The van der Waals surface area contributed by atoms with E-state index >= 15 is 0 Å². The summed E-state index contributed by atoms with van der Waals surface area (Å²) in [5.74, 6) is -0.544. The molecule has 0 bridgehead atoms. The quantitative estimate of drug-likeness (QED) is 0.760. The molecule has 1 saturated heterocycles. The van der Waals surface area contributed by atoms with Gasteiger partial charge in [0.1, 0.15) is 6.33 Å². The maximum atomic E-state index is 11.0. The van der Waals surface area contributed by atoms with E-state index in [9.17, 15) is 4.79 Å². The molecule has 0 radical (unpaired) electrons. The summed E-state index contributed by atoms with van der Waals surface area (Å²) < 4.78 is 0. The number of hydrogen-bond donors (Lipinski definition) is 2. The van der Waals surface area contributed by atoms with Gasteiger partial charge in [0.05, 0.1) is 5.69 Å². The normalized spacial score (nSPS) is 25.2. The van der Waals surface area contributed by atoms with Crippen LogP contribution in [0, 0.1) is 12.3 Å². The molecular formula is C11H13N3O2. The lowest BCUT2D eigenvalue weighted by Crippen LogP contribution is -2.45. The van der Waals surface area contributed by atoms with E-state index in [4.69, 9.17) is 5.11 Å². The lowest BCUT2D eigenvalue weighted by Gasteiger charge is -2.28. The highest BCUT2D eigenvalue weighted by molar-refractivity contribution is 5.87. The number of carbonyl (C=O) groups is 1. The number of nitrogens with zero attached hydrogens (tertiary/aromatic N) is 2. The van der Waals surface area contributed by atoms with E-state index in [1.165, 1.54) is 6.33 Å². The highest BCUT2D eigenvalue weighted by Gasteiger charge is 2.59. The van der Waals surface area contributed by atoms with Gasteiger partial charge in [0.25, 0.3) is 0 Å². The molecule has 2 fully saturated rings. The molecule has 1 aliphatic heterocycles. The van der Waals surface area contributed by atoms with Gasteiger partial charge < -0.3 is 10.4 Å². The van der Waals surface area contributed by atoms with E-state index in [-0.39, 0.29) is 5.69 Å². The lowest BCUT2D eigenvalue weighted by atomic mass is 9.94. The number of hydrogen-bond acceptors (Lipinski definition) is 4. The summed E-state index contributed by atoms with van der Waals surface area (Å²) in [6.45, 7) is 3.87. The van der Waals surface area contributed by atoms with Gasteiger partial charge in [-0.2, -0.15) is 0 Å². The van der Waals surface area contributed by atoms with E-state index in [2.05, 4.69) is 15.3 Å². The molecule has 1 aliphatic carbocycles. The van der Waals surface area contributed by atoms with E-state index in [1.807, 2.05) is 0 Å². The van der Waals surface area contributed by atoms with Crippen LogP contribution in [0.3, 0.4) is 0 Å². The molecule has 1 atom stereocenters. The molecule has 0 aromatic carbocycles. The average Bonchev–Trinajstić information content (AvgIpc) is 2.92. The molecular weight excluding hydrogens is 206 g/mol. The summed E-state index contributed by atoms with van der Waals surface area (Å²) in [5.41, 5.74) is 2.16. The molecule has 2 N–H and O–H groups in total. The van der Waals surface area contributed by atoms with Crippen molar-refractivity contribution in [2.45, 2.75) is 19.3 Å². The summed E-state index contributed by atoms with van der Waals surface area (Å²) >= 11 is 0. The third-order valence-electron chi connectivity index (χ3n) is 3.80. The van der Waals surface area contributed by atoms with Crippen molar-refractivity contribution < 1.29 is 9.90 Å². The molecule has 1 unspecified atom stereocenters. The van der Waals surface area contributed by atoms with Crippen molar-refractivity contribution in [1.29, 1.82) is 0 Å². The fourth-order valence-electron chi connectivity index (χ4n) is 2.60. The van der Waals surface area contributed by atoms with E-state index < -0.39 is 5.97 Å². The maximum absolute atomic E-state index is 11.0. The number of aromatic nitrogens is 2. The monoisotopic (exact) mass is 219 g/mol. The van der Waals surface area contributed by atoms with Crippen molar-refractivity contribution >= 4 is 5.97 Å². The summed E-state index contributed by atoms with van der Waals surface area (Å²) in [7, 11) is 0. The first-order valence-electron chi connectivity index (χ1n) is 5.39. The molecule has 84 valence electrons. The Morgan fingerprint density at radius 3 is 2.81 bits per heavy atom. The summed E-state index contributed by atoms with van der Waals surface area (Å²) in [6, 6.07) is 0. The fraction of sp³-hybridized carbons (Fsp3) is 0.545. The molecule has 2 heterocycles. The van der Waals surface area contributed by atoms with E-state index in [0.717, 1.165) is 30.8 Å². The third kappa shape index (κ3) is 1.18. The first-order valence-corrected chi connectivity index (χ1v) is 5.39.